The quantitative estimate of drug-likeness (QED) is 0.646. The minimum absolute atomic E-state index is 0.144. The van der Waals surface area contributed by atoms with E-state index in [1.165, 1.54) is 5.56 Å². The summed E-state index contributed by atoms with van der Waals surface area (Å²) >= 11 is 0. The van der Waals surface area contributed by atoms with Crippen LogP contribution in [-0.4, -0.2) is 56.2 Å². The second kappa shape index (κ2) is 8.15. The molecule has 6 heteroatoms. The molecule has 1 aromatic carbocycles. The van der Waals surface area contributed by atoms with E-state index in [1.54, 1.807) is 6.20 Å². The van der Waals surface area contributed by atoms with Gasteiger partial charge in [0.2, 0.25) is 0 Å². The molecular weight excluding hydrogens is 316 g/mol. The number of nitrogens with one attached hydrogen (secondary N) is 1. The molecule has 3 rings (SSSR count). The average molecular weight is 340 g/mol. The monoisotopic (exact) mass is 340 g/mol. The van der Waals surface area contributed by atoms with E-state index in [-0.39, 0.29) is 17.5 Å². The van der Waals surface area contributed by atoms with Gasteiger partial charge in [0.05, 0.1) is 13.2 Å². The highest BCUT2D eigenvalue weighted by Crippen LogP contribution is 2.32. The van der Waals surface area contributed by atoms with Crippen molar-refractivity contribution in [1.29, 1.82) is 5.26 Å². The van der Waals surface area contributed by atoms with Crippen molar-refractivity contribution in [3.05, 3.63) is 41.6 Å². The van der Waals surface area contributed by atoms with Crippen molar-refractivity contribution < 1.29 is 9.53 Å². The van der Waals surface area contributed by atoms with E-state index in [0.29, 0.717) is 6.54 Å². The summed E-state index contributed by atoms with van der Waals surface area (Å²) in [5.74, 6) is -0.313. The minimum atomic E-state index is -0.313. The molecule has 1 amide bonds. The Balaban J connectivity index is 1.60. The molecule has 1 atom stereocenters. The zero-order valence-electron chi connectivity index (χ0n) is 14.6. The van der Waals surface area contributed by atoms with Gasteiger partial charge >= 0.3 is 0 Å². The molecule has 0 aromatic heterocycles. The number of para-hydroxylation sites is 1. The summed E-state index contributed by atoms with van der Waals surface area (Å²) in [7, 11) is 0. The number of hydrogen-bond donors (Lipinski definition) is 1. The van der Waals surface area contributed by atoms with Crippen LogP contribution in [-0.2, 0) is 16.0 Å². The highest BCUT2D eigenvalue weighted by Gasteiger charge is 2.25. The average Bonchev–Trinajstić information content (AvgIpc) is 2.95. The van der Waals surface area contributed by atoms with Gasteiger partial charge in [0, 0.05) is 44.1 Å². The van der Waals surface area contributed by atoms with Crippen molar-refractivity contribution in [2.24, 2.45) is 0 Å². The van der Waals surface area contributed by atoms with Gasteiger partial charge in [-0.3, -0.25) is 9.69 Å². The number of ether oxygens (including phenoxy) is 1. The lowest BCUT2D eigenvalue weighted by molar-refractivity contribution is -0.117. The fourth-order valence-corrected chi connectivity index (χ4v) is 3.31. The zero-order chi connectivity index (χ0) is 17.6. The number of hydrogen-bond acceptors (Lipinski definition) is 5. The van der Waals surface area contributed by atoms with Crippen LogP contribution in [0.5, 0.6) is 0 Å². The zero-order valence-corrected chi connectivity index (χ0v) is 14.6. The lowest BCUT2D eigenvalue weighted by Crippen LogP contribution is -2.41. The van der Waals surface area contributed by atoms with E-state index in [9.17, 15) is 10.1 Å². The lowest BCUT2D eigenvalue weighted by atomic mass is 10.1. The third-order valence-corrected chi connectivity index (χ3v) is 4.71. The number of fused-ring (bicyclic) bond motifs is 1. The van der Waals surface area contributed by atoms with Crippen LogP contribution in [0.2, 0.25) is 0 Å². The normalized spacial score (nSPS) is 20.9. The smallest absolute Gasteiger partial charge is 0.263 e. The summed E-state index contributed by atoms with van der Waals surface area (Å²) in [6.45, 7) is 6.66. The summed E-state index contributed by atoms with van der Waals surface area (Å²) in [5, 5.41) is 12.3. The SMILES string of the molecule is CC1Cc2ccccc2N1/C=C(/C#N)C(=O)NCCN1CCOCC1. The molecule has 0 bridgehead atoms. The summed E-state index contributed by atoms with van der Waals surface area (Å²) in [5.41, 5.74) is 2.46. The van der Waals surface area contributed by atoms with Gasteiger partial charge in [0.1, 0.15) is 11.6 Å². The first-order valence-corrected chi connectivity index (χ1v) is 8.75. The van der Waals surface area contributed by atoms with Gasteiger partial charge in [-0.25, -0.2) is 0 Å². The standard InChI is InChI=1S/C19H24N4O2/c1-15-12-16-4-2-3-5-18(16)23(15)14-17(13-20)19(24)21-6-7-22-8-10-25-11-9-22/h2-5,14-15H,6-12H2,1H3,(H,21,24)/b17-14-. The number of morpholine rings is 1. The number of amides is 1. The molecule has 0 spiro atoms. The number of rotatable bonds is 5. The molecule has 2 aliphatic rings. The molecule has 0 aliphatic carbocycles. The second-order valence-electron chi connectivity index (χ2n) is 6.45. The van der Waals surface area contributed by atoms with Gasteiger partial charge in [-0.15, -0.1) is 0 Å². The Morgan fingerprint density at radius 2 is 2.16 bits per heavy atom. The Bertz CT molecular complexity index is 689. The molecule has 1 N–H and O–H groups in total. The van der Waals surface area contributed by atoms with Crippen LogP contribution >= 0.6 is 0 Å². The highest BCUT2D eigenvalue weighted by atomic mass is 16.5. The van der Waals surface area contributed by atoms with E-state index in [0.717, 1.165) is 45.0 Å². The van der Waals surface area contributed by atoms with E-state index >= 15 is 0 Å². The number of nitriles is 1. The molecule has 2 aliphatic heterocycles. The third kappa shape index (κ3) is 4.19. The van der Waals surface area contributed by atoms with Crippen LogP contribution in [0.4, 0.5) is 5.69 Å². The van der Waals surface area contributed by atoms with Gasteiger partial charge in [-0.1, -0.05) is 18.2 Å². The molecule has 1 saturated heterocycles. The summed E-state index contributed by atoms with van der Waals surface area (Å²) < 4.78 is 5.31. The van der Waals surface area contributed by atoms with Crippen LogP contribution in [0, 0.1) is 11.3 Å². The maximum Gasteiger partial charge on any atom is 0.263 e. The fraction of sp³-hybridized carbons (Fsp3) is 0.474. The molecular formula is C19H24N4O2. The predicted molar refractivity (Wildman–Crippen MR) is 96.1 cm³/mol. The summed E-state index contributed by atoms with van der Waals surface area (Å²) in [6.07, 6.45) is 2.60. The Morgan fingerprint density at radius 3 is 2.92 bits per heavy atom. The maximum absolute atomic E-state index is 12.4. The van der Waals surface area contributed by atoms with Crippen molar-refractivity contribution >= 4 is 11.6 Å². The Hall–Kier alpha value is -2.36. The first-order valence-electron chi connectivity index (χ1n) is 8.75. The number of carbonyl (C=O) groups is 1. The maximum atomic E-state index is 12.4. The molecule has 1 aromatic rings. The van der Waals surface area contributed by atoms with Gasteiger partial charge in [-0.05, 0) is 25.0 Å². The van der Waals surface area contributed by atoms with E-state index in [1.807, 2.05) is 29.2 Å². The van der Waals surface area contributed by atoms with E-state index < -0.39 is 0 Å². The first-order chi connectivity index (χ1) is 12.2. The number of benzene rings is 1. The van der Waals surface area contributed by atoms with Crippen LogP contribution in [0.15, 0.2) is 36.0 Å². The molecule has 0 saturated carbocycles. The third-order valence-electron chi connectivity index (χ3n) is 4.71. The van der Waals surface area contributed by atoms with Crippen LogP contribution in [0.3, 0.4) is 0 Å². The molecule has 132 valence electrons. The molecule has 0 radical (unpaired) electrons. The Kier molecular flexibility index (Phi) is 5.69. The number of carbonyl (C=O) groups excluding carboxylic acids is 1. The lowest BCUT2D eigenvalue weighted by Gasteiger charge is -2.26. The van der Waals surface area contributed by atoms with Crippen molar-refractivity contribution in [3.63, 3.8) is 0 Å². The molecule has 25 heavy (non-hydrogen) atoms. The van der Waals surface area contributed by atoms with Crippen LogP contribution in [0.25, 0.3) is 0 Å². The van der Waals surface area contributed by atoms with Crippen molar-refractivity contribution in [2.45, 2.75) is 19.4 Å². The number of anilines is 1. The Morgan fingerprint density at radius 1 is 1.40 bits per heavy atom. The van der Waals surface area contributed by atoms with Gasteiger partial charge < -0.3 is 15.0 Å². The van der Waals surface area contributed by atoms with Crippen molar-refractivity contribution in [2.75, 3.05) is 44.3 Å². The molecule has 6 nitrogen and oxygen atoms in total. The van der Waals surface area contributed by atoms with Crippen molar-refractivity contribution in [1.82, 2.24) is 10.2 Å². The van der Waals surface area contributed by atoms with Crippen molar-refractivity contribution in [3.8, 4) is 6.07 Å². The fourth-order valence-electron chi connectivity index (χ4n) is 3.31. The summed E-state index contributed by atoms with van der Waals surface area (Å²) in [4.78, 5) is 16.6. The van der Waals surface area contributed by atoms with Crippen LogP contribution < -0.4 is 10.2 Å². The largest absolute Gasteiger partial charge is 0.379 e. The summed E-state index contributed by atoms with van der Waals surface area (Å²) in [6, 6.07) is 10.4. The molecule has 1 fully saturated rings. The molecule has 2 heterocycles. The van der Waals surface area contributed by atoms with Gasteiger partial charge in [0.15, 0.2) is 0 Å². The van der Waals surface area contributed by atoms with Gasteiger partial charge in [0.25, 0.3) is 5.91 Å². The first kappa shape index (κ1) is 17.5. The second-order valence-corrected chi connectivity index (χ2v) is 6.45. The predicted octanol–water partition coefficient (Wildman–Crippen LogP) is 1.29. The Labute approximate surface area is 148 Å². The minimum Gasteiger partial charge on any atom is -0.379 e. The molecule has 1 unspecified atom stereocenters. The van der Waals surface area contributed by atoms with Gasteiger partial charge in [-0.2, -0.15) is 5.26 Å². The topological polar surface area (TPSA) is 68.6 Å². The van der Waals surface area contributed by atoms with E-state index in [4.69, 9.17) is 4.74 Å². The van der Waals surface area contributed by atoms with E-state index in [2.05, 4.69) is 23.2 Å². The van der Waals surface area contributed by atoms with Crippen LogP contribution in [0.1, 0.15) is 12.5 Å². The highest BCUT2D eigenvalue weighted by molar-refractivity contribution is 5.97. The number of nitrogens with zero attached hydrogens (tertiary/aromatic N) is 3.